The van der Waals surface area contributed by atoms with E-state index in [0.717, 1.165) is 0 Å². The van der Waals surface area contributed by atoms with Gasteiger partial charge in [-0.2, -0.15) is 0 Å². The molecular formula is C9H11NS. The number of nitrogens with zero attached hydrogens (tertiary/aromatic N) is 1. The summed E-state index contributed by atoms with van der Waals surface area (Å²) in [6.07, 6.45) is 0. The maximum atomic E-state index is 3.76. The standard InChI is InChI=1S/C9H11NS/c1-7-4-5-9(11-10-3)8(2)6-7/h4-6H,3H2,1-2H3. The first-order valence-corrected chi connectivity index (χ1v) is 4.21. The van der Waals surface area contributed by atoms with Gasteiger partial charge in [-0.3, -0.25) is 0 Å². The predicted octanol–water partition coefficient (Wildman–Crippen LogP) is 3.01. The lowest BCUT2D eigenvalue weighted by molar-refractivity contribution is 1.26. The van der Waals surface area contributed by atoms with Crippen molar-refractivity contribution in [3.63, 3.8) is 0 Å². The van der Waals surface area contributed by atoms with Crippen LogP contribution in [0.25, 0.3) is 0 Å². The van der Waals surface area contributed by atoms with Crippen molar-refractivity contribution in [2.24, 2.45) is 4.40 Å². The van der Waals surface area contributed by atoms with E-state index in [4.69, 9.17) is 0 Å². The highest BCUT2D eigenvalue weighted by atomic mass is 32.2. The lowest BCUT2D eigenvalue weighted by Gasteiger charge is -2.01. The molecule has 1 nitrogen and oxygen atoms in total. The van der Waals surface area contributed by atoms with Gasteiger partial charge in [0.05, 0.1) is 0 Å². The molecule has 0 heterocycles. The molecule has 11 heavy (non-hydrogen) atoms. The van der Waals surface area contributed by atoms with Crippen molar-refractivity contribution in [3.8, 4) is 0 Å². The van der Waals surface area contributed by atoms with E-state index in [2.05, 4.69) is 43.2 Å². The molecule has 1 rings (SSSR count). The van der Waals surface area contributed by atoms with Crippen LogP contribution >= 0.6 is 11.9 Å². The van der Waals surface area contributed by atoms with Gasteiger partial charge < -0.3 is 0 Å². The van der Waals surface area contributed by atoms with E-state index in [0.29, 0.717) is 0 Å². The predicted molar refractivity (Wildman–Crippen MR) is 51.3 cm³/mol. The van der Waals surface area contributed by atoms with E-state index in [-0.39, 0.29) is 0 Å². The summed E-state index contributed by atoms with van der Waals surface area (Å²) in [5, 5.41) is 0. The molecule has 0 saturated heterocycles. The Bertz CT molecular complexity index is 268. The fourth-order valence-corrected chi connectivity index (χ4v) is 1.44. The van der Waals surface area contributed by atoms with E-state index in [1.165, 1.54) is 28.0 Å². The van der Waals surface area contributed by atoms with Crippen LogP contribution in [0.4, 0.5) is 0 Å². The topological polar surface area (TPSA) is 12.4 Å². The van der Waals surface area contributed by atoms with Crippen LogP contribution in [0.1, 0.15) is 11.1 Å². The average Bonchev–Trinajstić information content (AvgIpc) is 1.95. The van der Waals surface area contributed by atoms with Crippen molar-refractivity contribution in [2.45, 2.75) is 18.7 Å². The van der Waals surface area contributed by atoms with Gasteiger partial charge in [-0.1, -0.05) is 17.7 Å². The number of hydrogen-bond acceptors (Lipinski definition) is 2. The fourth-order valence-electron chi connectivity index (χ4n) is 0.971. The minimum atomic E-state index is 1.19. The largest absolute Gasteiger partial charge is 0.227 e. The molecule has 0 atom stereocenters. The zero-order chi connectivity index (χ0) is 8.27. The molecule has 0 saturated carbocycles. The molecule has 2 heteroatoms. The van der Waals surface area contributed by atoms with Gasteiger partial charge in [-0.15, -0.1) is 0 Å². The fraction of sp³-hybridized carbons (Fsp3) is 0.222. The summed E-state index contributed by atoms with van der Waals surface area (Å²) in [6.45, 7) is 7.60. The van der Waals surface area contributed by atoms with Crippen molar-refractivity contribution in [2.75, 3.05) is 0 Å². The molecule has 1 aromatic rings. The zero-order valence-corrected chi connectivity index (χ0v) is 7.61. The lowest BCUT2D eigenvalue weighted by Crippen LogP contribution is -1.79. The molecule has 0 N–H and O–H groups in total. The zero-order valence-electron chi connectivity index (χ0n) is 6.79. The summed E-state index contributed by atoms with van der Waals surface area (Å²) in [5.41, 5.74) is 2.55. The lowest BCUT2D eigenvalue weighted by atomic mass is 10.2. The van der Waals surface area contributed by atoms with Crippen molar-refractivity contribution < 1.29 is 0 Å². The van der Waals surface area contributed by atoms with Crippen molar-refractivity contribution in [1.82, 2.24) is 0 Å². The van der Waals surface area contributed by atoms with Crippen LogP contribution in [0.5, 0.6) is 0 Å². The number of rotatable bonds is 2. The van der Waals surface area contributed by atoms with E-state index in [1.807, 2.05) is 0 Å². The third kappa shape index (κ3) is 2.09. The molecule has 0 radical (unpaired) electrons. The van der Waals surface area contributed by atoms with Crippen LogP contribution in [-0.2, 0) is 0 Å². The second-order valence-electron chi connectivity index (χ2n) is 2.49. The number of aryl methyl sites for hydroxylation is 2. The molecule has 0 unspecified atom stereocenters. The first-order valence-electron chi connectivity index (χ1n) is 3.44. The smallest absolute Gasteiger partial charge is 0.0334 e. The second kappa shape index (κ2) is 3.58. The average molecular weight is 165 g/mol. The van der Waals surface area contributed by atoms with Gasteiger partial charge in [0.2, 0.25) is 0 Å². The van der Waals surface area contributed by atoms with Crippen LogP contribution in [0.15, 0.2) is 27.5 Å². The van der Waals surface area contributed by atoms with E-state index in [9.17, 15) is 0 Å². The van der Waals surface area contributed by atoms with Gasteiger partial charge in [0.15, 0.2) is 0 Å². The summed E-state index contributed by atoms with van der Waals surface area (Å²) in [5.74, 6) is 0. The Kier molecular flexibility index (Phi) is 2.71. The van der Waals surface area contributed by atoms with Crippen molar-refractivity contribution >= 4 is 18.7 Å². The quantitative estimate of drug-likeness (QED) is 0.484. The molecule has 0 amide bonds. The Morgan fingerprint density at radius 2 is 2.09 bits per heavy atom. The van der Waals surface area contributed by atoms with Gasteiger partial charge in [-0.05, 0) is 32.2 Å². The third-order valence-corrected chi connectivity index (χ3v) is 2.28. The van der Waals surface area contributed by atoms with E-state index in [1.54, 1.807) is 0 Å². The van der Waals surface area contributed by atoms with Crippen molar-refractivity contribution in [1.29, 1.82) is 0 Å². The van der Waals surface area contributed by atoms with Gasteiger partial charge in [0, 0.05) is 16.8 Å². The molecule has 0 spiro atoms. The maximum Gasteiger partial charge on any atom is 0.0334 e. The Morgan fingerprint density at radius 1 is 1.36 bits per heavy atom. The number of benzene rings is 1. The monoisotopic (exact) mass is 165 g/mol. The third-order valence-electron chi connectivity index (χ3n) is 1.49. The minimum absolute atomic E-state index is 1.19. The molecular weight excluding hydrogens is 154 g/mol. The van der Waals surface area contributed by atoms with Crippen LogP contribution in [0.3, 0.4) is 0 Å². The molecule has 0 aliphatic carbocycles. The molecule has 58 valence electrons. The molecule has 1 aromatic carbocycles. The highest BCUT2D eigenvalue weighted by molar-refractivity contribution is 7.98. The molecule has 0 bridgehead atoms. The maximum absolute atomic E-state index is 3.76. The van der Waals surface area contributed by atoms with E-state index < -0.39 is 0 Å². The molecule has 0 aliphatic rings. The Labute approximate surface area is 71.7 Å². The summed E-state index contributed by atoms with van der Waals surface area (Å²) in [7, 11) is 0. The van der Waals surface area contributed by atoms with Gasteiger partial charge in [-0.25, -0.2) is 4.40 Å². The molecule has 0 aliphatic heterocycles. The summed E-state index contributed by atoms with van der Waals surface area (Å²) in [4.78, 5) is 1.19. The Balaban J connectivity index is 2.98. The minimum Gasteiger partial charge on any atom is -0.227 e. The Hall–Kier alpha value is -0.760. The molecule has 0 aromatic heterocycles. The van der Waals surface area contributed by atoms with E-state index >= 15 is 0 Å². The first kappa shape index (κ1) is 8.34. The van der Waals surface area contributed by atoms with Crippen LogP contribution < -0.4 is 0 Å². The summed E-state index contributed by atoms with van der Waals surface area (Å²) >= 11 is 1.42. The highest BCUT2D eigenvalue weighted by Crippen LogP contribution is 2.22. The second-order valence-corrected chi connectivity index (χ2v) is 3.37. The Morgan fingerprint density at radius 3 is 2.64 bits per heavy atom. The van der Waals surface area contributed by atoms with Crippen LogP contribution in [-0.4, -0.2) is 6.72 Å². The SMILES string of the molecule is C=NSc1ccc(C)cc1C. The van der Waals surface area contributed by atoms with Crippen molar-refractivity contribution in [3.05, 3.63) is 29.3 Å². The summed E-state index contributed by atoms with van der Waals surface area (Å²) in [6, 6.07) is 6.30. The van der Waals surface area contributed by atoms with Gasteiger partial charge in [0.25, 0.3) is 0 Å². The first-order chi connectivity index (χ1) is 5.24. The number of hydrogen-bond donors (Lipinski definition) is 0. The van der Waals surface area contributed by atoms with Crippen LogP contribution in [0, 0.1) is 13.8 Å². The molecule has 0 fully saturated rings. The van der Waals surface area contributed by atoms with Gasteiger partial charge in [0.1, 0.15) is 0 Å². The van der Waals surface area contributed by atoms with Crippen LogP contribution in [0.2, 0.25) is 0 Å². The highest BCUT2D eigenvalue weighted by Gasteiger charge is 1.96. The normalized spacial score (nSPS) is 9.64. The summed E-state index contributed by atoms with van der Waals surface area (Å²) < 4.78 is 3.76. The van der Waals surface area contributed by atoms with Gasteiger partial charge >= 0.3 is 0 Å².